The predicted molar refractivity (Wildman–Crippen MR) is 69.8 cm³/mol. The van der Waals surface area contributed by atoms with Crippen molar-refractivity contribution in [1.29, 1.82) is 0 Å². The van der Waals surface area contributed by atoms with Gasteiger partial charge in [0.15, 0.2) is 0 Å². The van der Waals surface area contributed by atoms with Crippen LogP contribution < -0.4 is 5.32 Å². The van der Waals surface area contributed by atoms with Crippen LogP contribution in [-0.4, -0.2) is 12.1 Å². The molecule has 1 unspecified atom stereocenters. The van der Waals surface area contributed by atoms with E-state index in [0.717, 1.165) is 6.42 Å². The van der Waals surface area contributed by atoms with E-state index in [1.165, 1.54) is 43.4 Å². The van der Waals surface area contributed by atoms with Gasteiger partial charge in [-0.15, -0.1) is 0 Å². The van der Waals surface area contributed by atoms with Gasteiger partial charge in [-0.1, -0.05) is 42.7 Å². The van der Waals surface area contributed by atoms with E-state index in [4.69, 9.17) is 0 Å². The quantitative estimate of drug-likeness (QED) is 0.800. The van der Waals surface area contributed by atoms with E-state index < -0.39 is 0 Å². The van der Waals surface area contributed by atoms with Crippen LogP contribution in [0.15, 0.2) is 24.3 Å². The van der Waals surface area contributed by atoms with E-state index in [0.29, 0.717) is 5.54 Å². The molecule has 1 aliphatic rings. The van der Waals surface area contributed by atoms with Crippen LogP contribution in [0, 0.1) is 6.92 Å². The van der Waals surface area contributed by atoms with E-state index in [1.807, 2.05) is 0 Å². The summed E-state index contributed by atoms with van der Waals surface area (Å²) < 4.78 is 0. The number of hydrogen-bond acceptors (Lipinski definition) is 1. The fraction of sp³-hybridized carbons (Fsp3) is 0.600. The Kier molecular flexibility index (Phi) is 3.65. The van der Waals surface area contributed by atoms with Crippen LogP contribution in [0.1, 0.15) is 43.7 Å². The van der Waals surface area contributed by atoms with Gasteiger partial charge in [0, 0.05) is 5.54 Å². The highest BCUT2D eigenvalue weighted by molar-refractivity contribution is 5.24. The molecular weight excluding hydrogens is 194 g/mol. The third-order valence-corrected chi connectivity index (χ3v) is 3.63. The molecule has 16 heavy (non-hydrogen) atoms. The van der Waals surface area contributed by atoms with Gasteiger partial charge in [-0.2, -0.15) is 0 Å². The maximum absolute atomic E-state index is 3.73. The van der Waals surface area contributed by atoms with Crippen LogP contribution >= 0.6 is 0 Å². The molecule has 1 heteroatoms. The fourth-order valence-corrected chi connectivity index (χ4v) is 2.72. The number of aryl methyl sites for hydroxylation is 1. The zero-order chi connectivity index (χ0) is 11.4. The van der Waals surface area contributed by atoms with Crippen molar-refractivity contribution in [3.8, 4) is 0 Å². The summed E-state index contributed by atoms with van der Waals surface area (Å²) in [7, 11) is 0. The maximum atomic E-state index is 3.73. The van der Waals surface area contributed by atoms with Crippen molar-refractivity contribution in [2.75, 3.05) is 6.54 Å². The lowest BCUT2D eigenvalue weighted by Crippen LogP contribution is -2.43. The summed E-state index contributed by atoms with van der Waals surface area (Å²) in [6.07, 6.45) is 6.56. The molecule has 0 amide bonds. The van der Waals surface area contributed by atoms with Crippen molar-refractivity contribution < 1.29 is 0 Å². The Labute approximate surface area is 99.3 Å². The smallest absolute Gasteiger partial charge is 0.0193 e. The normalized spacial score (nSPS) is 26.4. The second kappa shape index (κ2) is 5.01. The second-order valence-electron chi connectivity index (χ2n) is 5.46. The van der Waals surface area contributed by atoms with Gasteiger partial charge in [0.2, 0.25) is 0 Å². The fourth-order valence-electron chi connectivity index (χ4n) is 2.72. The third kappa shape index (κ3) is 3.08. The van der Waals surface area contributed by atoms with Crippen LogP contribution in [-0.2, 0) is 6.42 Å². The summed E-state index contributed by atoms with van der Waals surface area (Å²) in [5.41, 5.74) is 3.15. The zero-order valence-electron chi connectivity index (χ0n) is 10.6. The summed E-state index contributed by atoms with van der Waals surface area (Å²) in [5, 5.41) is 3.73. The van der Waals surface area contributed by atoms with Crippen molar-refractivity contribution >= 4 is 0 Å². The summed E-state index contributed by atoms with van der Waals surface area (Å²) in [6, 6.07) is 8.92. The van der Waals surface area contributed by atoms with Crippen LogP contribution in [0.25, 0.3) is 0 Å². The lowest BCUT2D eigenvalue weighted by molar-refractivity contribution is 0.345. The van der Waals surface area contributed by atoms with Crippen LogP contribution in [0.2, 0.25) is 0 Å². The first-order valence-corrected chi connectivity index (χ1v) is 6.49. The van der Waals surface area contributed by atoms with Gasteiger partial charge >= 0.3 is 0 Å². The van der Waals surface area contributed by atoms with Gasteiger partial charge in [0.05, 0.1) is 0 Å². The molecule has 0 bridgehead atoms. The molecule has 0 aromatic heterocycles. The molecule has 1 N–H and O–H groups in total. The van der Waals surface area contributed by atoms with Crippen LogP contribution in [0.3, 0.4) is 0 Å². The van der Waals surface area contributed by atoms with Crippen molar-refractivity contribution in [3.63, 3.8) is 0 Å². The molecule has 1 nitrogen and oxygen atoms in total. The molecule has 2 rings (SSSR count). The largest absolute Gasteiger partial charge is 0.311 e. The Morgan fingerprint density at radius 2 is 2.12 bits per heavy atom. The van der Waals surface area contributed by atoms with Crippen LogP contribution in [0.4, 0.5) is 0 Å². The molecule has 1 saturated heterocycles. The minimum Gasteiger partial charge on any atom is -0.311 e. The van der Waals surface area contributed by atoms with Gasteiger partial charge in [-0.25, -0.2) is 0 Å². The summed E-state index contributed by atoms with van der Waals surface area (Å²) in [6.45, 7) is 5.73. The monoisotopic (exact) mass is 217 g/mol. The van der Waals surface area contributed by atoms with E-state index in [2.05, 4.69) is 43.4 Å². The molecule has 1 fully saturated rings. The minimum absolute atomic E-state index is 0.310. The van der Waals surface area contributed by atoms with Gasteiger partial charge < -0.3 is 5.32 Å². The molecule has 1 aliphatic heterocycles. The van der Waals surface area contributed by atoms with E-state index in [1.54, 1.807) is 0 Å². The molecule has 1 aromatic carbocycles. The van der Waals surface area contributed by atoms with E-state index >= 15 is 0 Å². The molecule has 0 saturated carbocycles. The molecule has 0 aliphatic carbocycles. The van der Waals surface area contributed by atoms with Crippen molar-refractivity contribution in [3.05, 3.63) is 35.4 Å². The summed E-state index contributed by atoms with van der Waals surface area (Å²) in [5.74, 6) is 0. The number of nitrogens with one attached hydrogen (secondary N) is 1. The number of hydrogen-bond donors (Lipinski definition) is 1. The van der Waals surface area contributed by atoms with Gasteiger partial charge in [-0.3, -0.25) is 0 Å². The third-order valence-electron chi connectivity index (χ3n) is 3.63. The highest BCUT2D eigenvalue weighted by Crippen LogP contribution is 2.23. The Morgan fingerprint density at radius 1 is 1.25 bits per heavy atom. The molecule has 88 valence electrons. The molecular formula is C15H23N. The highest BCUT2D eigenvalue weighted by Gasteiger charge is 2.24. The first-order chi connectivity index (χ1) is 7.68. The average molecular weight is 217 g/mol. The molecule has 1 atom stereocenters. The molecule has 1 aromatic rings. The van der Waals surface area contributed by atoms with Gasteiger partial charge in [-0.05, 0) is 45.2 Å². The average Bonchev–Trinajstić information content (AvgIpc) is 2.43. The first kappa shape index (κ1) is 11.7. The zero-order valence-corrected chi connectivity index (χ0v) is 10.6. The SMILES string of the molecule is Cc1cccc(CC2(C)CCCCCN2)c1. The topological polar surface area (TPSA) is 12.0 Å². The second-order valence-corrected chi connectivity index (χ2v) is 5.46. The van der Waals surface area contributed by atoms with E-state index in [9.17, 15) is 0 Å². The Bertz CT molecular complexity index is 335. The van der Waals surface area contributed by atoms with Gasteiger partial charge in [0.1, 0.15) is 0 Å². The lowest BCUT2D eigenvalue weighted by Gasteiger charge is -2.29. The molecule has 0 radical (unpaired) electrons. The maximum Gasteiger partial charge on any atom is 0.0193 e. The number of benzene rings is 1. The van der Waals surface area contributed by atoms with E-state index in [-0.39, 0.29) is 0 Å². The Balaban J connectivity index is 2.06. The first-order valence-electron chi connectivity index (χ1n) is 6.49. The standard InChI is InChI=1S/C15H23N/c1-13-7-6-8-14(11-13)12-15(2)9-4-3-5-10-16-15/h6-8,11,16H,3-5,9-10,12H2,1-2H3. The predicted octanol–water partition coefficient (Wildman–Crippen LogP) is 3.46. The van der Waals surface area contributed by atoms with Crippen molar-refractivity contribution in [2.45, 2.75) is 51.5 Å². The Morgan fingerprint density at radius 3 is 2.94 bits per heavy atom. The van der Waals surface area contributed by atoms with Gasteiger partial charge in [0.25, 0.3) is 0 Å². The highest BCUT2D eigenvalue weighted by atomic mass is 15.0. The van der Waals surface area contributed by atoms with Crippen molar-refractivity contribution in [1.82, 2.24) is 5.32 Å². The number of rotatable bonds is 2. The summed E-state index contributed by atoms with van der Waals surface area (Å²) >= 11 is 0. The molecule has 0 spiro atoms. The molecule has 1 heterocycles. The summed E-state index contributed by atoms with van der Waals surface area (Å²) in [4.78, 5) is 0. The van der Waals surface area contributed by atoms with Crippen LogP contribution in [0.5, 0.6) is 0 Å². The van der Waals surface area contributed by atoms with Crippen molar-refractivity contribution in [2.24, 2.45) is 0 Å². The lowest BCUT2D eigenvalue weighted by atomic mass is 9.88. The minimum atomic E-state index is 0.310. The Hall–Kier alpha value is -0.820.